The molecule has 2 unspecified atom stereocenters. The molecular weight excluding hydrogens is 256 g/mol. The summed E-state index contributed by atoms with van der Waals surface area (Å²) in [4.78, 5) is 4.39. The first kappa shape index (κ1) is 14.4. The fraction of sp³-hybridized carbons (Fsp3) is 0.526. The van der Waals surface area contributed by atoms with Gasteiger partial charge in [0.25, 0.3) is 0 Å². The van der Waals surface area contributed by atoms with E-state index in [9.17, 15) is 0 Å². The van der Waals surface area contributed by atoms with Crippen LogP contribution < -0.4 is 5.32 Å². The standard InChI is InChI=1S/C19H26N2/c1-2-5-15-6-3-8-17(10-9-15)21-18-11-12-19-16(14-18)7-4-13-20-19/h4,7,11-15,17,21H,2-3,5-6,8-10H2,1H3. The average molecular weight is 282 g/mol. The second kappa shape index (κ2) is 6.93. The van der Waals surface area contributed by atoms with Crippen LogP contribution in [0.25, 0.3) is 10.9 Å². The number of benzene rings is 1. The summed E-state index contributed by atoms with van der Waals surface area (Å²) in [5, 5.41) is 4.97. The Labute approximate surface area is 128 Å². The van der Waals surface area contributed by atoms with Crippen molar-refractivity contribution in [1.82, 2.24) is 4.98 Å². The Bertz CT molecular complexity index is 579. The van der Waals surface area contributed by atoms with Crippen LogP contribution >= 0.6 is 0 Å². The second-order valence-corrected chi connectivity index (χ2v) is 6.42. The second-order valence-electron chi connectivity index (χ2n) is 6.42. The lowest BCUT2D eigenvalue weighted by atomic mass is 9.95. The first-order chi connectivity index (χ1) is 10.3. The van der Waals surface area contributed by atoms with Crippen LogP contribution in [0.5, 0.6) is 0 Å². The van der Waals surface area contributed by atoms with Gasteiger partial charge in [-0.05, 0) is 49.4 Å². The minimum Gasteiger partial charge on any atom is -0.382 e. The van der Waals surface area contributed by atoms with E-state index in [0.29, 0.717) is 6.04 Å². The summed E-state index contributed by atoms with van der Waals surface area (Å²) in [6.45, 7) is 2.31. The number of hydrogen-bond donors (Lipinski definition) is 1. The Morgan fingerprint density at radius 1 is 1.14 bits per heavy atom. The van der Waals surface area contributed by atoms with E-state index < -0.39 is 0 Å². The highest BCUT2D eigenvalue weighted by Crippen LogP contribution is 2.28. The Hall–Kier alpha value is -1.57. The van der Waals surface area contributed by atoms with E-state index in [-0.39, 0.29) is 0 Å². The molecule has 1 fully saturated rings. The van der Waals surface area contributed by atoms with Gasteiger partial charge >= 0.3 is 0 Å². The van der Waals surface area contributed by atoms with Crippen LogP contribution in [0, 0.1) is 5.92 Å². The minimum absolute atomic E-state index is 0.640. The summed E-state index contributed by atoms with van der Waals surface area (Å²) < 4.78 is 0. The summed E-state index contributed by atoms with van der Waals surface area (Å²) in [6.07, 6.45) is 11.4. The van der Waals surface area contributed by atoms with Crippen LogP contribution in [-0.4, -0.2) is 11.0 Å². The fourth-order valence-electron chi connectivity index (χ4n) is 3.62. The summed E-state index contributed by atoms with van der Waals surface area (Å²) in [5.74, 6) is 0.961. The number of pyridine rings is 1. The third-order valence-electron chi connectivity index (χ3n) is 4.76. The number of aromatic nitrogens is 1. The van der Waals surface area contributed by atoms with Crippen molar-refractivity contribution in [2.24, 2.45) is 5.92 Å². The van der Waals surface area contributed by atoms with Crippen LogP contribution in [0.15, 0.2) is 36.5 Å². The molecule has 112 valence electrons. The van der Waals surface area contributed by atoms with Crippen molar-refractivity contribution in [2.75, 3.05) is 5.32 Å². The lowest BCUT2D eigenvalue weighted by molar-refractivity contribution is 0.422. The van der Waals surface area contributed by atoms with Gasteiger partial charge in [0.1, 0.15) is 0 Å². The largest absolute Gasteiger partial charge is 0.382 e. The van der Waals surface area contributed by atoms with Gasteiger partial charge in [0.15, 0.2) is 0 Å². The van der Waals surface area contributed by atoms with E-state index in [1.165, 1.54) is 56.0 Å². The van der Waals surface area contributed by atoms with Gasteiger partial charge in [-0.1, -0.05) is 38.7 Å². The molecule has 0 radical (unpaired) electrons. The van der Waals surface area contributed by atoms with Gasteiger partial charge in [-0.3, -0.25) is 4.98 Å². The van der Waals surface area contributed by atoms with Crippen molar-refractivity contribution in [2.45, 2.75) is 57.9 Å². The molecule has 1 aliphatic rings. The van der Waals surface area contributed by atoms with Crippen molar-refractivity contribution in [1.29, 1.82) is 0 Å². The van der Waals surface area contributed by atoms with E-state index in [1.807, 2.05) is 12.3 Å². The average Bonchev–Trinajstić information content (AvgIpc) is 2.73. The molecule has 0 aliphatic heterocycles. The number of anilines is 1. The molecule has 1 heterocycles. The first-order valence-electron chi connectivity index (χ1n) is 8.46. The normalized spacial score (nSPS) is 22.9. The Morgan fingerprint density at radius 2 is 2.10 bits per heavy atom. The van der Waals surface area contributed by atoms with E-state index in [2.05, 4.69) is 41.5 Å². The summed E-state index contributed by atoms with van der Waals surface area (Å²) >= 11 is 0. The highest BCUT2D eigenvalue weighted by molar-refractivity contribution is 5.82. The number of fused-ring (bicyclic) bond motifs is 1. The lowest BCUT2D eigenvalue weighted by Crippen LogP contribution is -2.18. The van der Waals surface area contributed by atoms with Crippen molar-refractivity contribution in [3.05, 3.63) is 36.5 Å². The van der Waals surface area contributed by atoms with Crippen LogP contribution in [-0.2, 0) is 0 Å². The minimum atomic E-state index is 0.640. The predicted octanol–water partition coefficient (Wildman–Crippen LogP) is 5.40. The Balaban J connectivity index is 1.64. The van der Waals surface area contributed by atoms with Crippen molar-refractivity contribution in [3.63, 3.8) is 0 Å². The van der Waals surface area contributed by atoms with E-state index in [0.717, 1.165) is 11.4 Å². The number of hydrogen-bond acceptors (Lipinski definition) is 2. The molecule has 0 bridgehead atoms. The topological polar surface area (TPSA) is 24.9 Å². The number of nitrogens with one attached hydrogen (secondary N) is 1. The molecule has 1 N–H and O–H groups in total. The van der Waals surface area contributed by atoms with Gasteiger partial charge in [0, 0.05) is 23.3 Å². The van der Waals surface area contributed by atoms with Gasteiger partial charge in [-0.25, -0.2) is 0 Å². The predicted molar refractivity (Wildman–Crippen MR) is 90.6 cm³/mol. The molecule has 1 aliphatic carbocycles. The zero-order valence-electron chi connectivity index (χ0n) is 13.0. The molecule has 3 rings (SSSR count). The molecule has 2 nitrogen and oxygen atoms in total. The quantitative estimate of drug-likeness (QED) is 0.760. The maximum absolute atomic E-state index is 4.39. The number of nitrogens with zero attached hydrogens (tertiary/aromatic N) is 1. The fourth-order valence-corrected chi connectivity index (χ4v) is 3.62. The Kier molecular flexibility index (Phi) is 4.74. The lowest BCUT2D eigenvalue weighted by Gasteiger charge is -2.18. The molecule has 0 saturated heterocycles. The zero-order valence-corrected chi connectivity index (χ0v) is 13.0. The smallest absolute Gasteiger partial charge is 0.0703 e. The van der Waals surface area contributed by atoms with E-state index in [1.54, 1.807) is 0 Å². The maximum atomic E-state index is 4.39. The van der Waals surface area contributed by atoms with Gasteiger partial charge in [0.05, 0.1) is 5.52 Å². The molecule has 1 saturated carbocycles. The molecule has 0 amide bonds. The first-order valence-corrected chi connectivity index (χ1v) is 8.46. The molecule has 2 aromatic rings. The summed E-state index contributed by atoms with van der Waals surface area (Å²) in [6, 6.07) is 11.3. The van der Waals surface area contributed by atoms with Crippen LogP contribution in [0.2, 0.25) is 0 Å². The number of rotatable bonds is 4. The van der Waals surface area contributed by atoms with Crippen LogP contribution in [0.1, 0.15) is 51.9 Å². The van der Waals surface area contributed by atoms with Crippen molar-refractivity contribution < 1.29 is 0 Å². The molecule has 2 atom stereocenters. The van der Waals surface area contributed by atoms with Crippen LogP contribution in [0.3, 0.4) is 0 Å². The summed E-state index contributed by atoms with van der Waals surface area (Å²) in [7, 11) is 0. The molecule has 0 spiro atoms. The molecule has 1 aromatic heterocycles. The zero-order chi connectivity index (χ0) is 14.5. The molecular formula is C19H26N2. The molecule has 2 heteroatoms. The van der Waals surface area contributed by atoms with Gasteiger partial charge in [-0.2, -0.15) is 0 Å². The molecule has 21 heavy (non-hydrogen) atoms. The van der Waals surface area contributed by atoms with E-state index in [4.69, 9.17) is 0 Å². The Morgan fingerprint density at radius 3 is 3.00 bits per heavy atom. The third kappa shape index (κ3) is 3.75. The maximum Gasteiger partial charge on any atom is 0.0703 e. The highest BCUT2D eigenvalue weighted by Gasteiger charge is 2.18. The monoisotopic (exact) mass is 282 g/mol. The third-order valence-corrected chi connectivity index (χ3v) is 4.76. The van der Waals surface area contributed by atoms with Crippen LogP contribution in [0.4, 0.5) is 5.69 Å². The van der Waals surface area contributed by atoms with Gasteiger partial charge in [0.2, 0.25) is 0 Å². The van der Waals surface area contributed by atoms with Crippen molar-refractivity contribution >= 4 is 16.6 Å². The van der Waals surface area contributed by atoms with Gasteiger partial charge < -0.3 is 5.32 Å². The molecule has 1 aromatic carbocycles. The summed E-state index contributed by atoms with van der Waals surface area (Å²) in [5.41, 5.74) is 2.32. The van der Waals surface area contributed by atoms with Crippen molar-refractivity contribution in [3.8, 4) is 0 Å². The van der Waals surface area contributed by atoms with E-state index >= 15 is 0 Å². The van der Waals surface area contributed by atoms with Gasteiger partial charge in [-0.15, -0.1) is 0 Å². The SMILES string of the molecule is CCCC1CCCC(Nc2ccc3ncccc3c2)CC1. The highest BCUT2D eigenvalue weighted by atomic mass is 14.9.